The van der Waals surface area contributed by atoms with Crippen molar-refractivity contribution in [2.75, 3.05) is 0 Å². The van der Waals surface area contributed by atoms with Crippen LogP contribution in [0, 0.1) is 6.92 Å². The molecule has 0 unspecified atom stereocenters. The van der Waals surface area contributed by atoms with Crippen molar-refractivity contribution in [3.8, 4) is 28.2 Å². The van der Waals surface area contributed by atoms with E-state index in [4.69, 9.17) is 4.98 Å². The zero-order valence-corrected chi connectivity index (χ0v) is 16.0. The topological polar surface area (TPSA) is 17.8 Å². The first kappa shape index (κ1) is 16.8. The number of allylic oxidation sites excluding steroid dienone is 1. The first-order valence-corrected chi connectivity index (χ1v) is 9.81. The predicted octanol–water partition coefficient (Wildman–Crippen LogP) is 6.47. The molecule has 0 saturated carbocycles. The Hall–Kier alpha value is -3.39. The van der Waals surface area contributed by atoms with E-state index in [9.17, 15) is 0 Å². The molecule has 5 rings (SSSR count). The van der Waals surface area contributed by atoms with Crippen LogP contribution in [0.2, 0.25) is 0 Å². The predicted molar refractivity (Wildman–Crippen MR) is 117 cm³/mol. The molecule has 4 aromatic rings. The Labute approximate surface area is 165 Å². The molecule has 0 atom stereocenters. The first-order chi connectivity index (χ1) is 13.8. The number of imidazole rings is 1. The first-order valence-electron chi connectivity index (χ1n) is 9.81. The Morgan fingerprint density at radius 1 is 0.750 bits per heavy atom. The quantitative estimate of drug-likeness (QED) is 0.408. The number of hydrogen-bond acceptors (Lipinski definition) is 1. The van der Waals surface area contributed by atoms with Gasteiger partial charge in [0.1, 0.15) is 5.82 Å². The maximum Gasteiger partial charge on any atom is 0.145 e. The lowest BCUT2D eigenvalue weighted by Gasteiger charge is -2.14. The van der Waals surface area contributed by atoms with Crippen molar-refractivity contribution in [2.45, 2.75) is 19.8 Å². The number of nitrogens with zero attached hydrogens (tertiary/aromatic N) is 2. The molecule has 2 nitrogen and oxygen atoms in total. The summed E-state index contributed by atoms with van der Waals surface area (Å²) in [5.74, 6) is 1.01. The molecule has 0 spiro atoms. The molecule has 0 amide bonds. The number of benzene rings is 3. The molecule has 1 heterocycles. The highest BCUT2D eigenvalue weighted by atomic mass is 15.1. The van der Waals surface area contributed by atoms with Gasteiger partial charge in [-0.1, -0.05) is 78.4 Å². The van der Waals surface area contributed by atoms with Gasteiger partial charge in [-0.25, -0.2) is 4.98 Å². The molecule has 0 fully saturated rings. The van der Waals surface area contributed by atoms with Crippen LogP contribution in [0.5, 0.6) is 0 Å². The Kier molecular flexibility index (Phi) is 4.17. The van der Waals surface area contributed by atoms with Crippen molar-refractivity contribution >= 4 is 6.08 Å². The molecule has 0 radical (unpaired) electrons. The second-order valence-corrected chi connectivity index (χ2v) is 7.32. The summed E-state index contributed by atoms with van der Waals surface area (Å²) < 4.78 is 2.32. The second kappa shape index (κ2) is 6.97. The van der Waals surface area contributed by atoms with Crippen LogP contribution in [0.25, 0.3) is 34.3 Å². The van der Waals surface area contributed by atoms with E-state index in [1.54, 1.807) is 0 Å². The largest absolute Gasteiger partial charge is 0.296 e. The summed E-state index contributed by atoms with van der Waals surface area (Å²) in [6.07, 6.45) is 6.46. The maximum atomic E-state index is 4.99. The van der Waals surface area contributed by atoms with Gasteiger partial charge in [0, 0.05) is 11.3 Å². The molecule has 0 saturated heterocycles. The fraction of sp³-hybridized carbons (Fsp3) is 0.115. The van der Waals surface area contributed by atoms with Crippen LogP contribution in [0.3, 0.4) is 0 Å². The maximum absolute atomic E-state index is 4.99. The standard InChI is InChI=1S/C26H22N2/c1-19-11-13-20(14-12-19)21-15-17-22(18-16-21)26-27-24-9-5-6-10-25(24)28(26)23-7-3-2-4-8-23/h2-5,7-9,11-18H,6,10H2,1H3. The van der Waals surface area contributed by atoms with Gasteiger partial charge in [0.25, 0.3) is 0 Å². The molecular formula is C26H22N2. The van der Waals surface area contributed by atoms with Crippen molar-refractivity contribution in [2.24, 2.45) is 0 Å². The van der Waals surface area contributed by atoms with Gasteiger partial charge >= 0.3 is 0 Å². The molecular weight excluding hydrogens is 340 g/mol. The monoisotopic (exact) mass is 362 g/mol. The third-order valence-corrected chi connectivity index (χ3v) is 5.37. The van der Waals surface area contributed by atoms with Gasteiger partial charge in [-0.15, -0.1) is 0 Å². The van der Waals surface area contributed by atoms with Crippen molar-refractivity contribution in [3.63, 3.8) is 0 Å². The summed E-state index contributed by atoms with van der Waals surface area (Å²) in [6, 6.07) is 28.0. The third kappa shape index (κ3) is 2.97. The Bertz CT molecular complexity index is 1130. The zero-order valence-electron chi connectivity index (χ0n) is 16.0. The SMILES string of the molecule is Cc1ccc(-c2ccc(-c3nc4c(n3-c3ccccc3)CCC=C4)cc2)cc1. The van der Waals surface area contributed by atoms with E-state index in [1.165, 1.54) is 28.1 Å². The van der Waals surface area contributed by atoms with E-state index in [0.717, 1.165) is 29.9 Å². The van der Waals surface area contributed by atoms with Gasteiger partial charge in [0.2, 0.25) is 0 Å². The van der Waals surface area contributed by atoms with Crippen LogP contribution in [-0.4, -0.2) is 9.55 Å². The summed E-state index contributed by atoms with van der Waals surface area (Å²) in [7, 11) is 0. The number of hydrogen-bond donors (Lipinski definition) is 0. The van der Waals surface area contributed by atoms with E-state index in [2.05, 4.69) is 103 Å². The lowest BCUT2D eigenvalue weighted by molar-refractivity contribution is 0.878. The summed E-state index contributed by atoms with van der Waals surface area (Å²) >= 11 is 0. The molecule has 3 aromatic carbocycles. The lowest BCUT2D eigenvalue weighted by Crippen LogP contribution is -2.04. The number of aryl methyl sites for hydroxylation is 1. The van der Waals surface area contributed by atoms with Crippen LogP contribution in [0.15, 0.2) is 84.9 Å². The summed E-state index contributed by atoms with van der Waals surface area (Å²) in [5, 5.41) is 0. The van der Waals surface area contributed by atoms with Crippen molar-refractivity contribution < 1.29 is 0 Å². The van der Waals surface area contributed by atoms with Gasteiger partial charge in [-0.05, 0) is 49.1 Å². The zero-order chi connectivity index (χ0) is 18.9. The molecule has 136 valence electrons. The normalized spacial score (nSPS) is 12.8. The minimum Gasteiger partial charge on any atom is -0.296 e. The molecule has 28 heavy (non-hydrogen) atoms. The Morgan fingerprint density at radius 3 is 2.11 bits per heavy atom. The van der Waals surface area contributed by atoms with E-state index in [0.29, 0.717) is 0 Å². The van der Waals surface area contributed by atoms with E-state index in [1.807, 2.05) is 0 Å². The van der Waals surface area contributed by atoms with Gasteiger partial charge in [-0.3, -0.25) is 4.57 Å². The highest BCUT2D eigenvalue weighted by molar-refractivity contribution is 5.70. The van der Waals surface area contributed by atoms with Crippen molar-refractivity contribution in [1.29, 1.82) is 0 Å². The second-order valence-electron chi connectivity index (χ2n) is 7.32. The fourth-order valence-corrected chi connectivity index (χ4v) is 3.87. The third-order valence-electron chi connectivity index (χ3n) is 5.37. The summed E-state index contributed by atoms with van der Waals surface area (Å²) in [6.45, 7) is 2.12. The van der Waals surface area contributed by atoms with Crippen LogP contribution in [-0.2, 0) is 6.42 Å². The summed E-state index contributed by atoms with van der Waals surface area (Å²) in [5.41, 5.74) is 8.45. The molecule has 1 aliphatic rings. The van der Waals surface area contributed by atoms with Gasteiger partial charge in [0.05, 0.1) is 11.4 Å². The van der Waals surface area contributed by atoms with E-state index in [-0.39, 0.29) is 0 Å². The molecule has 0 bridgehead atoms. The number of fused-ring (bicyclic) bond motifs is 1. The highest BCUT2D eigenvalue weighted by Crippen LogP contribution is 2.31. The minimum absolute atomic E-state index is 1.01. The van der Waals surface area contributed by atoms with Crippen LogP contribution in [0.1, 0.15) is 23.4 Å². The fourth-order valence-electron chi connectivity index (χ4n) is 3.87. The lowest BCUT2D eigenvalue weighted by atomic mass is 10.0. The van der Waals surface area contributed by atoms with Gasteiger partial charge < -0.3 is 0 Å². The molecule has 0 aliphatic heterocycles. The summed E-state index contributed by atoms with van der Waals surface area (Å²) in [4.78, 5) is 4.99. The average molecular weight is 362 g/mol. The number of rotatable bonds is 3. The van der Waals surface area contributed by atoms with Crippen LogP contribution in [0.4, 0.5) is 0 Å². The average Bonchev–Trinajstić information content (AvgIpc) is 3.15. The molecule has 1 aliphatic carbocycles. The molecule has 1 aromatic heterocycles. The van der Waals surface area contributed by atoms with Crippen LogP contribution >= 0.6 is 0 Å². The van der Waals surface area contributed by atoms with Crippen LogP contribution < -0.4 is 0 Å². The van der Waals surface area contributed by atoms with Crippen molar-refractivity contribution in [3.05, 3.63) is 102 Å². The van der Waals surface area contributed by atoms with Gasteiger partial charge in [-0.2, -0.15) is 0 Å². The number of aromatic nitrogens is 2. The highest BCUT2D eigenvalue weighted by Gasteiger charge is 2.19. The van der Waals surface area contributed by atoms with Gasteiger partial charge in [0.15, 0.2) is 0 Å². The van der Waals surface area contributed by atoms with E-state index < -0.39 is 0 Å². The minimum atomic E-state index is 1.01. The Morgan fingerprint density at radius 2 is 1.39 bits per heavy atom. The molecule has 0 N–H and O–H groups in total. The smallest absolute Gasteiger partial charge is 0.145 e. The Balaban J connectivity index is 1.60. The molecule has 2 heteroatoms. The van der Waals surface area contributed by atoms with E-state index >= 15 is 0 Å². The van der Waals surface area contributed by atoms with Crippen molar-refractivity contribution in [1.82, 2.24) is 9.55 Å². The number of para-hydroxylation sites is 1.